The van der Waals surface area contributed by atoms with Crippen LogP contribution >= 0.6 is 0 Å². The summed E-state index contributed by atoms with van der Waals surface area (Å²) in [5, 5.41) is 0. The highest BCUT2D eigenvalue weighted by atomic mass is 15.1. The van der Waals surface area contributed by atoms with E-state index in [1.165, 1.54) is 19.4 Å². The van der Waals surface area contributed by atoms with E-state index >= 15 is 0 Å². The maximum atomic E-state index is 4.04. The van der Waals surface area contributed by atoms with E-state index in [0.717, 1.165) is 12.0 Å². The molecule has 2 heteroatoms. The van der Waals surface area contributed by atoms with Gasteiger partial charge in [0.15, 0.2) is 0 Å². The summed E-state index contributed by atoms with van der Waals surface area (Å²) < 4.78 is 0. The third-order valence-electron chi connectivity index (χ3n) is 2.90. The van der Waals surface area contributed by atoms with Gasteiger partial charge in [0.05, 0.1) is 0 Å². The molecule has 1 saturated heterocycles. The second-order valence-corrected chi connectivity index (χ2v) is 4.02. The van der Waals surface area contributed by atoms with E-state index in [-0.39, 0.29) is 0 Å². The standard InChI is InChI=1S/C13H16N2/c1-15-10-4-8-13(15)7-2-5-12-6-3-9-14-11-12/h3,6,9,11,13H,4,7-8,10H2,1H3/t13-/m0/s1. The number of hydrogen-bond donors (Lipinski definition) is 0. The smallest absolute Gasteiger partial charge is 0.0428 e. The van der Waals surface area contributed by atoms with Gasteiger partial charge in [-0.05, 0) is 38.6 Å². The quantitative estimate of drug-likeness (QED) is 0.644. The molecule has 0 radical (unpaired) electrons. The van der Waals surface area contributed by atoms with Crippen molar-refractivity contribution in [2.45, 2.75) is 25.3 Å². The van der Waals surface area contributed by atoms with Crippen LogP contribution in [0.25, 0.3) is 0 Å². The van der Waals surface area contributed by atoms with Crippen molar-refractivity contribution in [3.63, 3.8) is 0 Å². The van der Waals surface area contributed by atoms with Crippen molar-refractivity contribution in [1.82, 2.24) is 9.88 Å². The van der Waals surface area contributed by atoms with Gasteiger partial charge < -0.3 is 4.90 Å². The Bertz CT molecular complexity index is 361. The van der Waals surface area contributed by atoms with Crippen molar-refractivity contribution >= 4 is 0 Å². The minimum Gasteiger partial charge on any atom is -0.302 e. The predicted molar refractivity (Wildman–Crippen MR) is 61.4 cm³/mol. The molecule has 1 atom stereocenters. The van der Waals surface area contributed by atoms with Gasteiger partial charge >= 0.3 is 0 Å². The first-order chi connectivity index (χ1) is 7.36. The highest BCUT2D eigenvalue weighted by Crippen LogP contribution is 2.16. The molecule has 1 aliphatic rings. The second kappa shape index (κ2) is 4.95. The van der Waals surface area contributed by atoms with Crippen LogP contribution < -0.4 is 0 Å². The summed E-state index contributed by atoms with van der Waals surface area (Å²) in [6.07, 6.45) is 7.17. The lowest BCUT2D eigenvalue weighted by Crippen LogP contribution is -2.23. The molecule has 2 heterocycles. The molecule has 1 fully saturated rings. The molecule has 78 valence electrons. The minimum absolute atomic E-state index is 0.661. The van der Waals surface area contributed by atoms with Crippen LogP contribution in [-0.4, -0.2) is 29.5 Å². The van der Waals surface area contributed by atoms with Crippen LogP contribution in [0.3, 0.4) is 0 Å². The number of rotatable bonds is 1. The normalized spacial score (nSPS) is 21.0. The first-order valence-corrected chi connectivity index (χ1v) is 5.45. The second-order valence-electron chi connectivity index (χ2n) is 4.02. The first kappa shape index (κ1) is 10.2. The van der Waals surface area contributed by atoms with Crippen LogP contribution in [0.15, 0.2) is 24.5 Å². The van der Waals surface area contributed by atoms with Gasteiger partial charge in [0.1, 0.15) is 0 Å². The summed E-state index contributed by atoms with van der Waals surface area (Å²) in [6, 6.07) is 4.58. The van der Waals surface area contributed by atoms with E-state index in [4.69, 9.17) is 0 Å². The number of pyridine rings is 1. The molecule has 0 bridgehead atoms. The molecule has 0 aromatic carbocycles. The molecule has 0 aliphatic carbocycles. The Kier molecular flexibility index (Phi) is 3.37. The summed E-state index contributed by atoms with van der Waals surface area (Å²) in [5.74, 6) is 6.40. The zero-order valence-electron chi connectivity index (χ0n) is 9.11. The molecule has 1 aromatic rings. The number of hydrogen-bond acceptors (Lipinski definition) is 2. The Morgan fingerprint density at radius 2 is 2.53 bits per heavy atom. The molecular weight excluding hydrogens is 184 g/mol. The first-order valence-electron chi connectivity index (χ1n) is 5.45. The Morgan fingerprint density at radius 3 is 3.20 bits per heavy atom. The average Bonchev–Trinajstić information content (AvgIpc) is 2.66. The maximum absolute atomic E-state index is 4.04. The van der Waals surface area contributed by atoms with Gasteiger partial charge in [-0.2, -0.15) is 0 Å². The zero-order chi connectivity index (χ0) is 10.5. The highest BCUT2D eigenvalue weighted by Gasteiger charge is 2.18. The Hall–Kier alpha value is -1.33. The fourth-order valence-corrected chi connectivity index (χ4v) is 1.94. The van der Waals surface area contributed by atoms with Crippen molar-refractivity contribution in [3.05, 3.63) is 30.1 Å². The summed E-state index contributed by atoms with van der Waals surface area (Å²) in [4.78, 5) is 6.44. The van der Waals surface area contributed by atoms with Gasteiger partial charge in [-0.1, -0.05) is 11.8 Å². The summed E-state index contributed by atoms with van der Waals surface area (Å²) in [5.41, 5.74) is 1.01. The van der Waals surface area contributed by atoms with Gasteiger partial charge in [-0.25, -0.2) is 0 Å². The zero-order valence-corrected chi connectivity index (χ0v) is 9.11. The number of nitrogens with zero attached hydrogens (tertiary/aromatic N) is 2. The Labute approximate surface area is 91.3 Å². The highest BCUT2D eigenvalue weighted by molar-refractivity contribution is 5.31. The molecular formula is C13H16N2. The molecule has 0 saturated carbocycles. The van der Waals surface area contributed by atoms with Crippen molar-refractivity contribution in [3.8, 4) is 11.8 Å². The molecule has 0 N–H and O–H groups in total. The third-order valence-corrected chi connectivity index (χ3v) is 2.90. The molecule has 15 heavy (non-hydrogen) atoms. The SMILES string of the molecule is CN1CCC[C@@H]1CC#Cc1cccnc1. The Balaban J connectivity index is 1.90. The van der Waals surface area contributed by atoms with E-state index in [0.29, 0.717) is 6.04 Å². The number of likely N-dealkylation sites (tertiary alicyclic amines) is 1. The van der Waals surface area contributed by atoms with E-state index in [1.54, 1.807) is 6.20 Å². The van der Waals surface area contributed by atoms with E-state index in [2.05, 4.69) is 28.8 Å². The summed E-state index contributed by atoms with van der Waals surface area (Å²) in [6.45, 7) is 1.22. The Morgan fingerprint density at radius 1 is 1.60 bits per heavy atom. The van der Waals surface area contributed by atoms with E-state index in [1.807, 2.05) is 18.3 Å². The molecule has 1 aromatic heterocycles. The van der Waals surface area contributed by atoms with Crippen LogP contribution in [-0.2, 0) is 0 Å². The molecule has 0 amide bonds. The maximum Gasteiger partial charge on any atom is 0.0428 e. The van der Waals surface area contributed by atoms with Crippen molar-refractivity contribution in [2.24, 2.45) is 0 Å². The minimum atomic E-state index is 0.661. The van der Waals surface area contributed by atoms with Crippen molar-refractivity contribution in [1.29, 1.82) is 0 Å². The lowest BCUT2D eigenvalue weighted by Gasteiger charge is -2.15. The lowest BCUT2D eigenvalue weighted by atomic mass is 10.1. The van der Waals surface area contributed by atoms with Gasteiger partial charge in [-0.15, -0.1) is 0 Å². The monoisotopic (exact) mass is 200 g/mol. The van der Waals surface area contributed by atoms with Gasteiger partial charge in [0.25, 0.3) is 0 Å². The molecule has 0 unspecified atom stereocenters. The van der Waals surface area contributed by atoms with E-state index < -0.39 is 0 Å². The van der Waals surface area contributed by atoms with Crippen LogP contribution in [0, 0.1) is 11.8 Å². The third kappa shape index (κ3) is 2.81. The topological polar surface area (TPSA) is 16.1 Å². The number of aromatic nitrogens is 1. The molecule has 0 spiro atoms. The van der Waals surface area contributed by atoms with Gasteiger partial charge in [-0.3, -0.25) is 4.98 Å². The summed E-state index contributed by atoms with van der Waals surface area (Å²) >= 11 is 0. The van der Waals surface area contributed by atoms with Gasteiger partial charge in [0.2, 0.25) is 0 Å². The lowest BCUT2D eigenvalue weighted by molar-refractivity contribution is 0.315. The fourth-order valence-electron chi connectivity index (χ4n) is 1.94. The van der Waals surface area contributed by atoms with E-state index in [9.17, 15) is 0 Å². The summed E-state index contributed by atoms with van der Waals surface area (Å²) in [7, 11) is 2.18. The predicted octanol–water partition coefficient (Wildman–Crippen LogP) is 1.92. The van der Waals surface area contributed by atoms with Crippen LogP contribution in [0.5, 0.6) is 0 Å². The fraction of sp³-hybridized carbons (Fsp3) is 0.462. The van der Waals surface area contributed by atoms with Crippen LogP contribution in [0.4, 0.5) is 0 Å². The molecule has 2 nitrogen and oxygen atoms in total. The average molecular weight is 200 g/mol. The largest absolute Gasteiger partial charge is 0.302 e. The van der Waals surface area contributed by atoms with Crippen LogP contribution in [0.2, 0.25) is 0 Å². The van der Waals surface area contributed by atoms with Crippen molar-refractivity contribution in [2.75, 3.05) is 13.6 Å². The van der Waals surface area contributed by atoms with Crippen LogP contribution in [0.1, 0.15) is 24.8 Å². The molecule has 1 aliphatic heterocycles. The van der Waals surface area contributed by atoms with Gasteiger partial charge in [0, 0.05) is 30.4 Å². The van der Waals surface area contributed by atoms with Crippen molar-refractivity contribution < 1.29 is 0 Å². The molecule has 2 rings (SSSR count).